The van der Waals surface area contributed by atoms with Crippen LogP contribution in [0.15, 0.2) is 18.2 Å². The number of phenols is 2. The van der Waals surface area contributed by atoms with Crippen molar-refractivity contribution in [1.82, 2.24) is 0 Å². The summed E-state index contributed by atoms with van der Waals surface area (Å²) in [5.41, 5.74) is 0.891. The number of anilines is 1. The molecule has 1 aromatic rings. The molecule has 2 rings (SSSR count). The Hall–Kier alpha value is -1.03. The first-order valence-electron chi connectivity index (χ1n) is 4.11. The lowest BCUT2D eigenvalue weighted by atomic mass is 10.2. The Morgan fingerprint density at radius 3 is 2.38 bits per heavy atom. The van der Waals surface area contributed by atoms with Gasteiger partial charge in [-0.25, -0.2) is 0 Å². The minimum absolute atomic E-state index is 0.118. The van der Waals surface area contributed by atoms with E-state index in [9.17, 15) is 10.2 Å². The number of thioether (sulfide) groups is 1. The molecule has 0 aromatic heterocycles. The fraction of sp³-hybridized carbons (Fsp3) is 0.333. The van der Waals surface area contributed by atoms with Crippen LogP contribution in [0.25, 0.3) is 0 Å². The largest absolute Gasteiger partial charge is 0.508 e. The van der Waals surface area contributed by atoms with Gasteiger partial charge in [0.2, 0.25) is 0 Å². The van der Waals surface area contributed by atoms with E-state index in [1.165, 1.54) is 6.07 Å². The standard InChI is InChI=1S/C9H11NO2S/c11-8-3-7(4-9(12)5-8)10-1-2-13-6-10/h3-5,11-12H,1-2,6H2. The van der Waals surface area contributed by atoms with Crippen molar-refractivity contribution in [3.8, 4) is 11.5 Å². The van der Waals surface area contributed by atoms with Gasteiger partial charge in [0.05, 0.1) is 5.88 Å². The van der Waals surface area contributed by atoms with Crippen molar-refractivity contribution in [2.45, 2.75) is 0 Å². The molecule has 2 N–H and O–H groups in total. The van der Waals surface area contributed by atoms with Gasteiger partial charge < -0.3 is 15.1 Å². The van der Waals surface area contributed by atoms with Gasteiger partial charge >= 0.3 is 0 Å². The van der Waals surface area contributed by atoms with E-state index in [2.05, 4.69) is 4.90 Å². The topological polar surface area (TPSA) is 43.7 Å². The first kappa shape index (κ1) is 8.56. The van der Waals surface area contributed by atoms with Crippen LogP contribution < -0.4 is 4.90 Å². The molecule has 70 valence electrons. The van der Waals surface area contributed by atoms with Crippen molar-refractivity contribution in [3.05, 3.63) is 18.2 Å². The highest BCUT2D eigenvalue weighted by molar-refractivity contribution is 7.99. The van der Waals surface area contributed by atoms with Gasteiger partial charge in [-0.1, -0.05) is 0 Å². The maximum absolute atomic E-state index is 9.26. The van der Waals surface area contributed by atoms with Crippen LogP contribution in [-0.2, 0) is 0 Å². The van der Waals surface area contributed by atoms with E-state index in [1.54, 1.807) is 12.1 Å². The SMILES string of the molecule is Oc1cc(O)cc(N2CCSC2)c1. The van der Waals surface area contributed by atoms with E-state index in [1.807, 2.05) is 11.8 Å². The van der Waals surface area contributed by atoms with Gasteiger partial charge in [-0.3, -0.25) is 0 Å². The second kappa shape index (κ2) is 3.38. The molecule has 1 aliphatic heterocycles. The molecule has 0 atom stereocenters. The Bertz CT molecular complexity index is 290. The molecule has 3 nitrogen and oxygen atoms in total. The third-order valence-electron chi connectivity index (χ3n) is 2.01. The van der Waals surface area contributed by atoms with Crippen LogP contribution in [-0.4, -0.2) is 28.4 Å². The Balaban J connectivity index is 2.28. The van der Waals surface area contributed by atoms with Gasteiger partial charge in [-0.05, 0) is 0 Å². The number of rotatable bonds is 1. The van der Waals surface area contributed by atoms with E-state index < -0.39 is 0 Å². The zero-order valence-electron chi connectivity index (χ0n) is 7.10. The zero-order valence-corrected chi connectivity index (χ0v) is 7.92. The summed E-state index contributed by atoms with van der Waals surface area (Å²) in [6.07, 6.45) is 0. The lowest BCUT2D eigenvalue weighted by Crippen LogP contribution is -2.17. The predicted molar refractivity (Wildman–Crippen MR) is 54.4 cm³/mol. The monoisotopic (exact) mass is 197 g/mol. The molecule has 0 unspecified atom stereocenters. The van der Waals surface area contributed by atoms with Crippen LogP contribution in [0, 0.1) is 0 Å². The van der Waals surface area contributed by atoms with E-state index in [0.717, 1.165) is 23.9 Å². The lowest BCUT2D eigenvalue weighted by Gasteiger charge is -2.16. The summed E-state index contributed by atoms with van der Waals surface area (Å²) in [6.45, 7) is 0.980. The molecule has 1 aliphatic rings. The minimum atomic E-state index is 0.118. The fourth-order valence-corrected chi connectivity index (χ4v) is 2.36. The van der Waals surface area contributed by atoms with Crippen molar-refractivity contribution >= 4 is 17.4 Å². The van der Waals surface area contributed by atoms with Crippen LogP contribution in [0.4, 0.5) is 5.69 Å². The fourth-order valence-electron chi connectivity index (χ4n) is 1.38. The van der Waals surface area contributed by atoms with Crippen molar-refractivity contribution < 1.29 is 10.2 Å². The van der Waals surface area contributed by atoms with Crippen molar-refractivity contribution in [2.24, 2.45) is 0 Å². The minimum Gasteiger partial charge on any atom is -0.508 e. The molecule has 1 heterocycles. The van der Waals surface area contributed by atoms with E-state index in [0.29, 0.717) is 0 Å². The molecular weight excluding hydrogens is 186 g/mol. The van der Waals surface area contributed by atoms with Gasteiger partial charge in [0.25, 0.3) is 0 Å². The number of aromatic hydroxyl groups is 2. The summed E-state index contributed by atoms with van der Waals surface area (Å²) >= 11 is 1.85. The number of nitrogens with zero attached hydrogens (tertiary/aromatic N) is 1. The third-order valence-corrected chi connectivity index (χ3v) is 2.97. The summed E-state index contributed by atoms with van der Waals surface area (Å²) in [5.74, 6) is 2.28. The average molecular weight is 197 g/mol. The maximum atomic E-state index is 9.26. The molecule has 0 aliphatic carbocycles. The van der Waals surface area contributed by atoms with Gasteiger partial charge in [-0.15, -0.1) is 11.8 Å². The second-order valence-electron chi connectivity index (χ2n) is 3.01. The Morgan fingerprint density at radius 1 is 1.15 bits per heavy atom. The molecule has 4 heteroatoms. The quantitative estimate of drug-likeness (QED) is 0.718. The van der Waals surface area contributed by atoms with Crippen LogP contribution in [0.5, 0.6) is 11.5 Å². The first-order chi connectivity index (χ1) is 6.25. The number of phenolic OH excluding ortho intramolecular Hbond substituents is 2. The van der Waals surface area contributed by atoms with Crippen LogP contribution in [0.1, 0.15) is 0 Å². The Morgan fingerprint density at radius 2 is 1.85 bits per heavy atom. The van der Waals surface area contributed by atoms with E-state index in [-0.39, 0.29) is 11.5 Å². The van der Waals surface area contributed by atoms with Crippen LogP contribution in [0.3, 0.4) is 0 Å². The summed E-state index contributed by atoms with van der Waals surface area (Å²) in [7, 11) is 0. The Kier molecular flexibility index (Phi) is 2.22. The molecule has 1 saturated heterocycles. The summed E-state index contributed by atoms with van der Waals surface area (Å²) in [5, 5.41) is 18.5. The lowest BCUT2D eigenvalue weighted by molar-refractivity contribution is 0.450. The number of benzene rings is 1. The van der Waals surface area contributed by atoms with Gasteiger partial charge in [-0.2, -0.15) is 0 Å². The molecule has 0 bridgehead atoms. The third kappa shape index (κ3) is 1.83. The smallest absolute Gasteiger partial charge is 0.121 e. The number of hydrogen-bond donors (Lipinski definition) is 2. The molecule has 1 aromatic carbocycles. The van der Waals surface area contributed by atoms with Gasteiger partial charge in [0.1, 0.15) is 11.5 Å². The molecule has 1 fully saturated rings. The summed E-state index contributed by atoms with van der Waals surface area (Å²) in [4.78, 5) is 2.13. The molecule has 0 radical (unpaired) electrons. The van der Waals surface area contributed by atoms with E-state index >= 15 is 0 Å². The highest BCUT2D eigenvalue weighted by Gasteiger charge is 2.13. The molecule has 13 heavy (non-hydrogen) atoms. The van der Waals surface area contributed by atoms with Crippen LogP contribution >= 0.6 is 11.8 Å². The highest BCUT2D eigenvalue weighted by Crippen LogP contribution is 2.29. The molecular formula is C9H11NO2S. The van der Waals surface area contributed by atoms with E-state index in [4.69, 9.17) is 0 Å². The maximum Gasteiger partial charge on any atom is 0.121 e. The zero-order chi connectivity index (χ0) is 9.26. The predicted octanol–water partition coefficient (Wildman–Crippen LogP) is 1.61. The normalized spacial score (nSPS) is 16.5. The van der Waals surface area contributed by atoms with Crippen molar-refractivity contribution in [1.29, 1.82) is 0 Å². The molecule has 0 amide bonds. The van der Waals surface area contributed by atoms with Crippen molar-refractivity contribution in [2.75, 3.05) is 23.1 Å². The summed E-state index contributed by atoms with van der Waals surface area (Å²) < 4.78 is 0. The Labute approximate surface area is 81.0 Å². The van der Waals surface area contributed by atoms with Crippen LogP contribution in [0.2, 0.25) is 0 Å². The average Bonchev–Trinajstić information content (AvgIpc) is 2.53. The second-order valence-corrected chi connectivity index (χ2v) is 4.08. The summed E-state index contributed by atoms with van der Waals surface area (Å²) in [6, 6.07) is 4.68. The van der Waals surface area contributed by atoms with Crippen molar-refractivity contribution in [3.63, 3.8) is 0 Å². The number of hydrogen-bond acceptors (Lipinski definition) is 4. The first-order valence-corrected chi connectivity index (χ1v) is 5.27. The molecule has 0 saturated carbocycles. The highest BCUT2D eigenvalue weighted by atomic mass is 32.2. The molecule has 0 spiro atoms. The van der Waals surface area contributed by atoms with Gasteiger partial charge in [0.15, 0.2) is 0 Å². The van der Waals surface area contributed by atoms with Gasteiger partial charge in [0, 0.05) is 36.2 Å².